The van der Waals surface area contributed by atoms with Crippen LogP contribution >= 0.6 is 37.2 Å². The summed E-state index contributed by atoms with van der Waals surface area (Å²) >= 11 is 0. The van der Waals surface area contributed by atoms with Crippen molar-refractivity contribution in [1.29, 1.82) is 0 Å². The Labute approximate surface area is 131 Å². The zero-order valence-electron chi connectivity index (χ0n) is 10.4. The molecule has 7 nitrogen and oxygen atoms in total. The second kappa shape index (κ2) is 15.7. The molecule has 0 heterocycles. The largest absolute Gasteiger partial charge is 0.480 e. The minimum atomic E-state index is -1.07. The van der Waals surface area contributed by atoms with Crippen LogP contribution < -0.4 is 22.5 Å². The Balaban J connectivity index is -0.000000375. The average Bonchev–Trinajstić information content (AvgIpc) is 2.26. The highest BCUT2D eigenvalue weighted by Crippen LogP contribution is 2.00. The van der Waals surface area contributed by atoms with E-state index in [0.717, 1.165) is 6.42 Å². The van der Waals surface area contributed by atoms with Crippen LogP contribution in [0.15, 0.2) is 0 Å². The summed E-state index contributed by atoms with van der Waals surface area (Å²) in [6.45, 7) is 0.490. The monoisotopic (exact) mass is 340 g/mol. The summed E-state index contributed by atoms with van der Waals surface area (Å²) in [5.74, 6) is -1.61. The minimum Gasteiger partial charge on any atom is -0.480 e. The number of rotatable bonds is 8. The maximum atomic E-state index is 11.3. The quantitative estimate of drug-likeness (QED) is 0.367. The average molecular weight is 342 g/mol. The van der Waals surface area contributed by atoms with Crippen LogP contribution in [0.1, 0.15) is 19.3 Å². The maximum Gasteiger partial charge on any atom is 0.326 e. The van der Waals surface area contributed by atoms with Crippen LogP contribution in [-0.2, 0) is 9.59 Å². The SMILES string of the molecule is Cl.Cl.Cl.NCCCC[C@H](NC(=O)[C@H](N)CN)C(=O)O. The molecule has 10 heteroatoms. The second-order valence-corrected chi connectivity index (χ2v) is 3.53. The van der Waals surface area contributed by atoms with Gasteiger partial charge in [0, 0.05) is 6.54 Å². The molecule has 0 aliphatic rings. The third-order valence-corrected chi connectivity index (χ3v) is 2.15. The van der Waals surface area contributed by atoms with Crippen LogP contribution in [0.4, 0.5) is 0 Å². The van der Waals surface area contributed by atoms with Crippen LogP contribution in [0, 0.1) is 0 Å². The molecule has 8 N–H and O–H groups in total. The van der Waals surface area contributed by atoms with Gasteiger partial charge in [-0.05, 0) is 25.8 Å². The van der Waals surface area contributed by atoms with Crippen molar-refractivity contribution in [3.63, 3.8) is 0 Å². The summed E-state index contributed by atoms with van der Waals surface area (Å²) in [6.07, 6.45) is 1.71. The van der Waals surface area contributed by atoms with Gasteiger partial charge < -0.3 is 27.6 Å². The van der Waals surface area contributed by atoms with Crippen molar-refractivity contribution < 1.29 is 14.7 Å². The number of hydrogen-bond acceptors (Lipinski definition) is 5. The fourth-order valence-electron chi connectivity index (χ4n) is 1.14. The number of aliphatic carboxylic acids is 1. The number of hydrogen-bond donors (Lipinski definition) is 5. The lowest BCUT2D eigenvalue weighted by atomic mass is 10.1. The van der Waals surface area contributed by atoms with E-state index in [1.807, 2.05) is 0 Å². The van der Waals surface area contributed by atoms with Crippen LogP contribution in [-0.4, -0.2) is 42.2 Å². The van der Waals surface area contributed by atoms with Gasteiger partial charge in [0.15, 0.2) is 0 Å². The molecule has 0 radical (unpaired) electrons. The summed E-state index contributed by atoms with van der Waals surface area (Å²) in [5, 5.41) is 11.2. The molecule has 0 spiro atoms. The number of nitrogens with two attached hydrogens (primary N) is 3. The molecule has 0 bridgehead atoms. The van der Waals surface area contributed by atoms with Gasteiger partial charge in [0.05, 0.1) is 6.04 Å². The van der Waals surface area contributed by atoms with E-state index < -0.39 is 24.0 Å². The zero-order valence-corrected chi connectivity index (χ0v) is 12.9. The summed E-state index contributed by atoms with van der Waals surface area (Å²) in [7, 11) is 0. The molecule has 118 valence electrons. The van der Waals surface area contributed by atoms with E-state index in [-0.39, 0.29) is 43.8 Å². The number of carboxylic acid groups (broad SMARTS) is 1. The van der Waals surface area contributed by atoms with E-state index in [1.165, 1.54) is 0 Å². The molecule has 19 heavy (non-hydrogen) atoms. The number of carbonyl (C=O) groups is 2. The van der Waals surface area contributed by atoms with Crippen molar-refractivity contribution in [2.75, 3.05) is 13.1 Å². The van der Waals surface area contributed by atoms with Crippen molar-refractivity contribution in [3.05, 3.63) is 0 Å². The van der Waals surface area contributed by atoms with Gasteiger partial charge in [-0.25, -0.2) is 4.79 Å². The molecule has 0 aliphatic carbocycles. The Morgan fingerprint density at radius 1 is 1.11 bits per heavy atom. The van der Waals surface area contributed by atoms with Crippen molar-refractivity contribution in [2.24, 2.45) is 17.2 Å². The normalized spacial score (nSPS) is 11.9. The van der Waals surface area contributed by atoms with Gasteiger partial charge in [0.25, 0.3) is 0 Å². The third-order valence-electron chi connectivity index (χ3n) is 2.15. The lowest BCUT2D eigenvalue weighted by molar-refractivity contribution is -0.142. The fourth-order valence-corrected chi connectivity index (χ4v) is 1.14. The predicted octanol–water partition coefficient (Wildman–Crippen LogP) is -0.764. The highest BCUT2D eigenvalue weighted by molar-refractivity contribution is 5.87. The first-order valence-corrected chi connectivity index (χ1v) is 5.21. The standard InChI is InChI=1S/C9H20N4O3.3ClH/c10-4-2-1-3-7(9(15)16)13-8(14)6(12)5-11;;;/h6-7H,1-5,10-12H2,(H,13,14)(H,15,16);3*1H/t6-,7+;;;/m1.../s1. The molecule has 0 aliphatic heterocycles. The van der Waals surface area contributed by atoms with Crippen LogP contribution in [0.25, 0.3) is 0 Å². The molecule has 0 aromatic carbocycles. The molecular weight excluding hydrogens is 318 g/mol. The Bertz CT molecular complexity index is 247. The van der Waals surface area contributed by atoms with E-state index in [4.69, 9.17) is 22.3 Å². The van der Waals surface area contributed by atoms with Gasteiger partial charge in [-0.2, -0.15) is 0 Å². The number of carbonyl (C=O) groups excluding carboxylic acids is 1. The minimum absolute atomic E-state index is 0. The van der Waals surface area contributed by atoms with Crippen LogP contribution in [0.3, 0.4) is 0 Å². The molecule has 0 rings (SSSR count). The smallest absolute Gasteiger partial charge is 0.326 e. The molecular formula is C9H23Cl3N4O3. The molecule has 1 amide bonds. The summed E-state index contributed by atoms with van der Waals surface area (Å²) in [4.78, 5) is 22.1. The van der Waals surface area contributed by atoms with E-state index >= 15 is 0 Å². The first kappa shape index (κ1) is 27.1. The number of halogens is 3. The van der Waals surface area contributed by atoms with Crippen LogP contribution in [0.2, 0.25) is 0 Å². The Hall–Kier alpha value is -0.310. The number of carboxylic acids is 1. The number of amides is 1. The highest BCUT2D eigenvalue weighted by atomic mass is 35.5. The van der Waals surface area contributed by atoms with Gasteiger partial charge >= 0.3 is 5.97 Å². The Morgan fingerprint density at radius 3 is 2.00 bits per heavy atom. The molecule has 0 saturated heterocycles. The van der Waals surface area contributed by atoms with Crippen molar-refractivity contribution in [1.82, 2.24) is 5.32 Å². The van der Waals surface area contributed by atoms with Crippen molar-refractivity contribution in [2.45, 2.75) is 31.3 Å². The molecule has 0 fully saturated rings. The topological polar surface area (TPSA) is 144 Å². The third kappa shape index (κ3) is 12.5. The summed E-state index contributed by atoms with van der Waals surface area (Å²) in [5.41, 5.74) is 15.9. The first-order chi connectivity index (χ1) is 7.52. The van der Waals surface area contributed by atoms with Gasteiger partial charge in [0.1, 0.15) is 6.04 Å². The van der Waals surface area contributed by atoms with E-state index in [9.17, 15) is 9.59 Å². The van der Waals surface area contributed by atoms with E-state index in [0.29, 0.717) is 19.4 Å². The Kier molecular flexibility index (Phi) is 22.5. The zero-order chi connectivity index (χ0) is 12.6. The maximum absolute atomic E-state index is 11.3. The second-order valence-electron chi connectivity index (χ2n) is 3.53. The molecule has 0 aromatic heterocycles. The molecule has 0 aromatic rings. The lowest BCUT2D eigenvalue weighted by Gasteiger charge is -2.16. The van der Waals surface area contributed by atoms with Crippen molar-refractivity contribution in [3.8, 4) is 0 Å². The van der Waals surface area contributed by atoms with E-state index in [1.54, 1.807) is 0 Å². The Morgan fingerprint density at radius 2 is 1.63 bits per heavy atom. The number of nitrogens with one attached hydrogen (secondary N) is 1. The fraction of sp³-hybridized carbons (Fsp3) is 0.778. The summed E-state index contributed by atoms with van der Waals surface area (Å²) in [6, 6.07) is -1.78. The molecule has 0 saturated carbocycles. The van der Waals surface area contributed by atoms with E-state index in [2.05, 4.69) is 5.32 Å². The lowest BCUT2D eigenvalue weighted by Crippen LogP contribution is -2.51. The molecule has 0 unspecified atom stereocenters. The van der Waals surface area contributed by atoms with Crippen molar-refractivity contribution >= 4 is 49.1 Å². The summed E-state index contributed by atoms with van der Waals surface area (Å²) < 4.78 is 0. The number of unbranched alkanes of at least 4 members (excludes halogenated alkanes) is 1. The molecule has 2 atom stereocenters. The van der Waals surface area contributed by atoms with Gasteiger partial charge in [-0.15, -0.1) is 37.2 Å². The highest BCUT2D eigenvalue weighted by Gasteiger charge is 2.21. The van der Waals surface area contributed by atoms with Gasteiger partial charge in [0.2, 0.25) is 5.91 Å². The van der Waals surface area contributed by atoms with Gasteiger partial charge in [-0.3, -0.25) is 4.79 Å². The predicted molar refractivity (Wildman–Crippen MR) is 81.2 cm³/mol. The van der Waals surface area contributed by atoms with Crippen LogP contribution in [0.5, 0.6) is 0 Å². The first-order valence-electron chi connectivity index (χ1n) is 5.21. The van der Waals surface area contributed by atoms with Gasteiger partial charge in [-0.1, -0.05) is 0 Å².